The lowest BCUT2D eigenvalue weighted by molar-refractivity contribution is -0.0384. The highest BCUT2D eigenvalue weighted by molar-refractivity contribution is 7.89. The van der Waals surface area contributed by atoms with Crippen molar-refractivity contribution in [2.45, 2.75) is 23.1 Å². The van der Waals surface area contributed by atoms with Gasteiger partial charge in [0.25, 0.3) is 0 Å². The van der Waals surface area contributed by atoms with Gasteiger partial charge < -0.3 is 15.5 Å². The van der Waals surface area contributed by atoms with E-state index < -0.39 is 21.7 Å². The van der Waals surface area contributed by atoms with Crippen molar-refractivity contribution in [1.29, 1.82) is 0 Å². The molecule has 0 radical (unpaired) electrons. The van der Waals surface area contributed by atoms with Gasteiger partial charge in [-0.05, 0) is 29.8 Å². The second kappa shape index (κ2) is 7.19. The summed E-state index contributed by atoms with van der Waals surface area (Å²) in [6.45, 7) is 0.277. The minimum atomic E-state index is -3.74. The van der Waals surface area contributed by atoms with Crippen LogP contribution in [0.25, 0.3) is 0 Å². The van der Waals surface area contributed by atoms with E-state index in [2.05, 4.69) is 10.3 Å². The molecule has 0 unspecified atom stereocenters. The Hall–Kier alpha value is -1.84. The summed E-state index contributed by atoms with van der Waals surface area (Å²) in [7, 11) is -3.74. The first kappa shape index (κ1) is 18.0. The molecule has 2 heterocycles. The predicted molar refractivity (Wildman–Crippen MR) is 92.1 cm³/mol. The average molecular weight is 363 g/mol. The maximum absolute atomic E-state index is 12.6. The molecule has 0 saturated carbocycles. The van der Waals surface area contributed by atoms with E-state index in [1.807, 2.05) is 12.1 Å². The molecule has 1 aliphatic rings. The number of hydrogen-bond acceptors (Lipinski definition) is 6. The molecule has 1 aromatic heterocycles. The molecule has 3 rings (SSSR count). The SMILES string of the molecule is O=S(=O)(c1ccccc1)N1C[C@@H](O)[C@](O)(CNCc2ccncc2)C1. The Labute approximate surface area is 147 Å². The Morgan fingerprint density at radius 3 is 2.56 bits per heavy atom. The third-order valence-corrected chi connectivity index (χ3v) is 6.16. The van der Waals surface area contributed by atoms with Crippen LogP contribution in [-0.2, 0) is 16.6 Å². The Bertz CT molecular complexity index is 801. The fourth-order valence-electron chi connectivity index (χ4n) is 2.86. The number of aromatic nitrogens is 1. The van der Waals surface area contributed by atoms with Gasteiger partial charge in [0, 0.05) is 38.6 Å². The molecule has 0 amide bonds. The van der Waals surface area contributed by atoms with Gasteiger partial charge in [-0.1, -0.05) is 18.2 Å². The van der Waals surface area contributed by atoms with Gasteiger partial charge in [0.15, 0.2) is 0 Å². The molecule has 1 aliphatic heterocycles. The zero-order chi connectivity index (χ0) is 17.9. The molecule has 134 valence electrons. The van der Waals surface area contributed by atoms with Gasteiger partial charge in [0.1, 0.15) is 5.60 Å². The number of rotatable bonds is 6. The molecule has 7 nitrogen and oxygen atoms in total. The molecule has 8 heteroatoms. The van der Waals surface area contributed by atoms with Gasteiger partial charge in [-0.2, -0.15) is 4.31 Å². The second-order valence-corrected chi connectivity index (χ2v) is 8.13. The second-order valence-electron chi connectivity index (χ2n) is 6.19. The van der Waals surface area contributed by atoms with Gasteiger partial charge in [-0.15, -0.1) is 0 Å². The highest BCUT2D eigenvalue weighted by atomic mass is 32.2. The van der Waals surface area contributed by atoms with Crippen molar-refractivity contribution in [3.05, 3.63) is 60.4 Å². The van der Waals surface area contributed by atoms with E-state index in [1.54, 1.807) is 30.6 Å². The van der Waals surface area contributed by atoms with E-state index in [-0.39, 0.29) is 24.5 Å². The number of aliphatic hydroxyl groups excluding tert-OH is 1. The number of nitrogens with one attached hydrogen (secondary N) is 1. The largest absolute Gasteiger partial charge is 0.389 e. The van der Waals surface area contributed by atoms with Crippen LogP contribution in [0.1, 0.15) is 5.56 Å². The fourth-order valence-corrected chi connectivity index (χ4v) is 4.39. The summed E-state index contributed by atoms with van der Waals surface area (Å²) in [6.07, 6.45) is 2.19. The molecule has 1 aromatic carbocycles. The maximum atomic E-state index is 12.6. The standard InChI is InChI=1S/C17H21N3O4S/c21-16-11-20(25(23,24)15-4-2-1-3-5-15)13-17(16,22)12-19-10-14-6-8-18-9-7-14/h1-9,16,19,21-22H,10-13H2/t16-,17+/m1/s1. The predicted octanol–water partition coefficient (Wildman–Crippen LogP) is -0.0323. The van der Waals surface area contributed by atoms with Crippen molar-refractivity contribution < 1.29 is 18.6 Å². The number of pyridine rings is 1. The lowest BCUT2D eigenvalue weighted by Gasteiger charge is -2.26. The molecule has 1 saturated heterocycles. The molecular formula is C17H21N3O4S. The molecule has 0 bridgehead atoms. The number of nitrogens with zero attached hydrogens (tertiary/aromatic N) is 2. The van der Waals surface area contributed by atoms with Crippen molar-refractivity contribution in [2.75, 3.05) is 19.6 Å². The minimum Gasteiger partial charge on any atom is -0.389 e. The molecule has 1 fully saturated rings. The van der Waals surface area contributed by atoms with Gasteiger partial charge in [0.05, 0.1) is 11.0 Å². The zero-order valence-electron chi connectivity index (χ0n) is 13.6. The Morgan fingerprint density at radius 2 is 1.88 bits per heavy atom. The topological polar surface area (TPSA) is 103 Å². The summed E-state index contributed by atoms with van der Waals surface area (Å²) in [5.41, 5.74) is -0.547. The van der Waals surface area contributed by atoms with Crippen molar-refractivity contribution >= 4 is 10.0 Å². The number of benzene rings is 1. The van der Waals surface area contributed by atoms with Gasteiger partial charge in [-0.3, -0.25) is 4.98 Å². The van der Waals surface area contributed by atoms with Crippen LogP contribution < -0.4 is 5.32 Å². The van der Waals surface area contributed by atoms with Crippen molar-refractivity contribution in [3.8, 4) is 0 Å². The first-order chi connectivity index (χ1) is 11.9. The summed E-state index contributed by atoms with van der Waals surface area (Å²) in [5, 5.41) is 24.0. The first-order valence-electron chi connectivity index (χ1n) is 7.97. The summed E-state index contributed by atoms with van der Waals surface area (Å²) < 4.78 is 26.4. The number of hydrogen-bond donors (Lipinski definition) is 3. The van der Waals surface area contributed by atoms with Crippen molar-refractivity contribution in [2.24, 2.45) is 0 Å². The smallest absolute Gasteiger partial charge is 0.243 e. The normalized spacial score (nSPS) is 24.5. The van der Waals surface area contributed by atoms with Crippen LogP contribution in [0, 0.1) is 0 Å². The quantitative estimate of drug-likeness (QED) is 0.666. The summed E-state index contributed by atoms with van der Waals surface area (Å²) in [6, 6.07) is 11.7. The van der Waals surface area contributed by atoms with Crippen molar-refractivity contribution in [3.63, 3.8) is 0 Å². The fraction of sp³-hybridized carbons (Fsp3) is 0.353. The van der Waals surface area contributed by atoms with Gasteiger partial charge in [0.2, 0.25) is 10.0 Å². The Kier molecular flexibility index (Phi) is 5.16. The van der Waals surface area contributed by atoms with Crippen LogP contribution in [0.2, 0.25) is 0 Å². The van der Waals surface area contributed by atoms with Gasteiger partial charge in [-0.25, -0.2) is 8.42 Å². The highest BCUT2D eigenvalue weighted by Gasteiger charge is 2.48. The van der Waals surface area contributed by atoms with E-state index in [0.717, 1.165) is 9.87 Å². The van der Waals surface area contributed by atoms with Crippen LogP contribution >= 0.6 is 0 Å². The number of sulfonamides is 1. The van der Waals surface area contributed by atoms with Crippen LogP contribution in [0.3, 0.4) is 0 Å². The molecule has 25 heavy (non-hydrogen) atoms. The van der Waals surface area contributed by atoms with E-state index >= 15 is 0 Å². The Balaban J connectivity index is 1.66. The molecule has 2 atom stereocenters. The first-order valence-corrected chi connectivity index (χ1v) is 9.41. The molecule has 0 spiro atoms. The highest BCUT2D eigenvalue weighted by Crippen LogP contribution is 2.27. The van der Waals surface area contributed by atoms with Crippen LogP contribution in [0.5, 0.6) is 0 Å². The molecule has 0 aliphatic carbocycles. The third kappa shape index (κ3) is 3.88. The number of aliphatic hydroxyl groups is 2. The maximum Gasteiger partial charge on any atom is 0.243 e. The zero-order valence-corrected chi connectivity index (χ0v) is 14.4. The molecule has 3 N–H and O–H groups in total. The van der Waals surface area contributed by atoms with Crippen LogP contribution in [0.4, 0.5) is 0 Å². The Morgan fingerprint density at radius 1 is 1.20 bits per heavy atom. The van der Waals surface area contributed by atoms with Crippen LogP contribution in [0.15, 0.2) is 59.8 Å². The monoisotopic (exact) mass is 363 g/mol. The summed E-state index contributed by atoms with van der Waals surface area (Å²) >= 11 is 0. The van der Waals surface area contributed by atoms with E-state index in [1.165, 1.54) is 12.1 Å². The molecule has 2 aromatic rings. The third-order valence-electron chi connectivity index (χ3n) is 4.34. The number of β-amino-alcohol motifs (C(OH)–C–C–N with tert-alkyl or cyclic N) is 2. The summed E-state index contributed by atoms with van der Waals surface area (Å²) in [5.74, 6) is 0. The minimum absolute atomic E-state index is 0.0807. The lowest BCUT2D eigenvalue weighted by Crippen LogP contribution is -2.50. The van der Waals surface area contributed by atoms with Crippen molar-refractivity contribution in [1.82, 2.24) is 14.6 Å². The van der Waals surface area contributed by atoms with E-state index in [4.69, 9.17) is 0 Å². The van der Waals surface area contributed by atoms with Gasteiger partial charge >= 0.3 is 0 Å². The lowest BCUT2D eigenvalue weighted by atomic mass is 10.0. The molecular weight excluding hydrogens is 342 g/mol. The van der Waals surface area contributed by atoms with Crippen LogP contribution in [-0.4, -0.2) is 59.3 Å². The van der Waals surface area contributed by atoms with E-state index in [9.17, 15) is 18.6 Å². The van der Waals surface area contributed by atoms with E-state index in [0.29, 0.717) is 6.54 Å². The summed E-state index contributed by atoms with van der Waals surface area (Å²) in [4.78, 5) is 4.08. The average Bonchev–Trinajstić information content (AvgIpc) is 2.92.